The molecule has 2 aliphatic rings. The van der Waals surface area contributed by atoms with Crippen LogP contribution in [0.25, 0.3) is 0 Å². The molecule has 2 saturated heterocycles. The molecule has 2 fully saturated rings. The first kappa shape index (κ1) is 19.1. The fourth-order valence-electron chi connectivity index (χ4n) is 3.47. The minimum Gasteiger partial charge on any atom is -0.347 e. The molecular formula is C19H24ClN3O3. The molecule has 1 aromatic carbocycles. The lowest BCUT2D eigenvalue weighted by Gasteiger charge is -2.37. The fourth-order valence-corrected chi connectivity index (χ4v) is 3.59. The maximum absolute atomic E-state index is 12.9. The van der Waals surface area contributed by atoms with Gasteiger partial charge in [-0.25, -0.2) is 0 Å². The molecule has 140 valence electrons. The van der Waals surface area contributed by atoms with Crippen molar-refractivity contribution in [2.45, 2.75) is 32.0 Å². The number of hydrogen-bond acceptors (Lipinski definition) is 5. The van der Waals surface area contributed by atoms with Gasteiger partial charge in [0.15, 0.2) is 5.79 Å². The van der Waals surface area contributed by atoms with Crippen molar-refractivity contribution < 1.29 is 14.3 Å². The summed E-state index contributed by atoms with van der Waals surface area (Å²) in [6.07, 6.45) is 1.84. The number of nitriles is 1. The van der Waals surface area contributed by atoms with E-state index in [4.69, 9.17) is 26.3 Å². The van der Waals surface area contributed by atoms with Gasteiger partial charge in [0.2, 0.25) is 5.91 Å². The molecular weight excluding hydrogens is 354 g/mol. The number of rotatable bonds is 5. The zero-order valence-corrected chi connectivity index (χ0v) is 15.8. The Hall–Kier alpha value is -1.65. The molecule has 0 N–H and O–H groups in total. The topological polar surface area (TPSA) is 65.8 Å². The second-order valence-electron chi connectivity index (χ2n) is 6.77. The largest absolute Gasteiger partial charge is 0.347 e. The van der Waals surface area contributed by atoms with Crippen molar-refractivity contribution in [1.82, 2.24) is 4.90 Å². The van der Waals surface area contributed by atoms with Crippen LogP contribution in [-0.4, -0.2) is 56.0 Å². The molecule has 1 spiro atoms. The third-order valence-corrected chi connectivity index (χ3v) is 5.42. The third kappa shape index (κ3) is 4.36. The molecule has 0 aliphatic carbocycles. The van der Waals surface area contributed by atoms with Crippen LogP contribution in [0.15, 0.2) is 18.2 Å². The number of amides is 1. The summed E-state index contributed by atoms with van der Waals surface area (Å²) in [7, 11) is 0. The summed E-state index contributed by atoms with van der Waals surface area (Å²) in [5, 5.41) is 9.60. The minimum absolute atomic E-state index is 0.00817. The van der Waals surface area contributed by atoms with E-state index < -0.39 is 5.79 Å². The summed E-state index contributed by atoms with van der Waals surface area (Å²) in [6, 6.07) is 7.63. The van der Waals surface area contributed by atoms with Crippen LogP contribution in [0.1, 0.15) is 24.8 Å². The van der Waals surface area contributed by atoms with Gasteiger partial charge in [0.05, 0.1) is 32.2 Å². The Balaban J connectivity index is 1.64. The van der Waals surface area contributed by atoms with Gasteiger partial charge in [-0.1, -0.05) is 11.6 Å². The van der Waals surface area contributed by atoms with E-state index in [2.05, 4.69) is 11.0 Å². The number of anilines is 1. The minimum atomic E-state index is -0.437. The van der Waals surface area contributed by atoms with E-state index in [1.54, 1.807) is 11.0 Å². The monoisotopic (exact) mass is 377 g/mol. The van der Waals surface area contributed by atoms with Crippen molar-refractivity contribution in [3.8, 4) is 6.07 Å². The third-order valence-electron chi connectivity index (χ3n) is 4.99. The first-order chi connectivity index (χ1) is 12.5. The molecule has 0 bridgehead atoms. The molecule has 0 radical (unpaired) electrons. The van der Waals surface area contributed by atoms with E-state index in [1.165, 1.54) is 0 Å². The smallest absolute Gasteiger partial charge is 0.241 e. The van der Waals surface area contributed by atoms with E-state index in [9.17, 15) is 4.79 Å². The molecule has 2 heterocycles. The number of aryl methyl sites for hydroxylation is 1. The maximum Gasteiger partial charge on any atom is 0.241 e. The number of carbonyl (C=O) groups is 1. The van der Waals surface area contributed by atoms with Gasteiger partial charge in [-0.2, -0.15) is 5.26 Å². The van der Waals surface area contributed by atoms with Crippen LogP contribution in [0.2, 0.25) is 5.02 Å². The second-order valence-corrected chi connectivity index (χ2v) is 7.18. The molecule has 2 aliphatic heterocycles. The Morgan fingerprint density at radius 2 is 2.04 bits per heavy atom. The molecule has 0 unspecified atom stereocenters. The number of ether oxygens (including phenoxy) is 2. The molecule has 1 amide bonds. The van der Waals surface area contributed by atoms with Crippen LogP contribution in [0, 0.1) is 18.3 Å². The predicted molar refractivity (Wildman–Crippen MR) is 99.1 cm³/mol. The lowest BCUT2D eigenvalue weighted by atomic mass is 10.0. The normalized spacial score (nSPS) is 19.4. The number of piperidine rings is 1. The Kier molecular flexibility index (Phi) is 6.15. The number of benzene rings is 1. The zero-order valence-electron chi connectivity index (χ0n) is 15.0. The van der Waals surface area contributed by atoms with Crippen LogP contribution in [0.3, 0.4) is 0 Å². The summed E-state index contributed by atoms with van der Waals surface area (Å²) < 4.78 is 11.5. The zero-order chi connectivity index (χ0) is 18.6. The Labute approximate surface area is 159 Å². The molecule has 26 heavy (non-hydrogen) atoms. The van der Waals surface area contributed by atoms with Crippen molar-refractivity contribution in [3.05, 3.63) is 28.8 Å². The van der Waals surface area contributed by atoms with Gasteiger partial charge in [0.1, 0.15) is 0 Å². The van der Waals surface area contributed by atoms with Crippen LogP contribution in [-0.2, 0) is 14.3 Å². The van der Waals surface area contributed by atoms with Crippen molar-refractivity contribution >= 4 is 23.2 Å². The highest BCUT2D eigenvalue weighted by molar-refractivity contribution is 6.31. The van der Waals surface area contributed by atoms with Crippen molar-refractivity contribution in [2.75, 3.05) is 44.3 Å². The van der Waals surface area contributed by atoms with E-state index >= 15 is 0 Å². The summed E-state index contributed by atoms with van der Waals surface area (Å²) in [5.74, 6) is -0.445. The van der Waals surface area contributed by atoms with Crippen LogP contribution in [0.4, 0.5) is 5.69 Å². The van der Waals surface area contributed by atoms with E-state index in [0.717, 1.165) is 37.2 Å². The average molecular weight is 378 g/mol. The first-order valence-corrected chi connectivity index (χ1v) is 9.34. The number of hydrogen-bond donors (Lipinski definition) is 0. The summed E-state index contributed by atoms with van der Waals surface area (Å²) >= 11 is 6.10. The van der Waals surface area contributed by atoms with Gasteiger partial charge < -0.3 is 14.4 Å². The number of likely N-dealkylation sites (tertiary alicyclic amines) is 1. The summed E-state index contributed by atoms with van der Waals surface area (Å²) in [5.41, 5.74) is 1.69. The fraction of sp³-hybridized carbons (Fsp3) is 0.579. The molecule has 6 nitrogen and oxygen atoms in total. The van der Waals surface area contributed by atoms with Crippen LogP contribution < -0.4 is 4.90 Å². The molecule has 0 aromatic heterocycles. The van der Waals surface area contributed by atoms with Gasteiger partial charge in [0.25, 0.3) is 0 Å². The Morgan fingerprint density at radius 3 is 2.65 bits per heavy atom. The van der Waals surface area contributed by atoms with Crippen molar-refractivity contribution in [2.24, 2.45) is 0 Å². The van der Waals surface area contributed by atoms with Gasteiger partial charge in [-0.05, 0) is 30.7 Å². The number of nitrogens with zero attached hydrogens (tertiary/aromatic N) is 3. The highest BCUT2D eigenvalue weighted by Crippen LogP contribution is 2.31. The summed E-state index contributed by atoms with van der Waals surface area (Å²) in [4.78, 5) is 16.7. The lowest BCUT2D eigenvalue weighted by molar-refractivity contribution is -0.185. The lowest BCUT2D eigenvalue weighted by Crippen LogP contribution is -2.49. The quantitative estimate of drug-likeness (QED) is 0.789. The van der Waals surface area contributed by atoms with Crippen LogP contribution >= 0.6 is 11.6 Å². The van der Waals surface area contributed by atoms with E-state index in [-0.39, 0.29) is 12.3 Å². The van der Waals surface area contributed by atoms with Gasteiger partial charge in [-0.15, -0.1) is 0 Å². The molecule has 1 aromatic rings. The first-order valence-electron chi connectivity index (χ1n) is 8.97. The maximum atomic E-state index is 12.9. The van der Waals surface area contributed by atoms with E-state index in [0.29, 0.717) is 31.3 Å². The van der Waals surface area contributed by atoms with E-state index in [1.807, 2.05) is 19.1 Å². The SMILES string of the molecule is Cc1cc(N(CCC#N)C(=O)CN2CCC3(CC2)OCCO3)ccc1Cl. The highest BCUT2D eigenvalue weighted by Gasteiger charge is 2.40. The van der Waals surface area contributed by atoms with Crippen LogP contribution in [0.5, 0.6) is 0 Å². The van der Waals surface area contributed by atoms with Gasteiger partial charge >= 0.3 is 0 Å². The highest BCUT2D eigenvalue weighted by atomic mass is 35.5. The number of halogens is 1. The average Bonchev–Trinajstić information content (AvgIpc) is 3.09. The second kappa shape index (κ2) is 8.36. The van der Waals surface area contributed by atoms with Gasteiger partial charge in [0, 0.05) is 43.2 Å². The van der Waals surface area contributed by atoms with Crippen molar-refractivity contribution in [1.29, 1.82) is 5.26 Å². The summed E-state index contributed by atoms with van der Waals surface area (Å²) in [6.45, 7) is 5.43. The molecule has 0 atom stereocenters. The molecule has 3 rings (SSSR count). The Bertz CT molecular complexity index is 688. The predicted octanol–water partition coefficient (Wildman–Crippen LogP) is 2.73. The molecule has 7 heteroatoms. The van der Waals surface area contributed by atoms with Gasteiger partial charge in [-0.3, -0.25) is 9.69 Å². The molecule has 0 saturated carbocycles. The number of carbonyl (C=O) groups excluding carboxylic acids is 1. The standard InChI is InChI=1S/C19H24ClN3O3/c1-15-13-16(3-4-17(15)20)23(8-2-7-21)18(24)14-22-9-5-19(6-10-22)25-11-12-26-19/h3-4,13H,2,5-6,8-12,14H2,1H3. The Morgan fingerprint density at radius 1 is 1.35 bits per heavy atom. The van der Waals surface area contributed by atoms with Crippen molar-refractivity contribution in [3.63, 3.8) is 0 Å².